The average molecular weight is 201 g/mol. The molecule has 0 N–H and O–H groups in total. The predicted octanol–water partition coefficient (Wildman–Crippen LogP) is 3.18. The molecule has 0 fully saturated rings. The van der Waals surface area contributed by atoms with Gasteiger partial charge < -0.3 is 4.90 Å². The lowest BCUT2D eigenvalue weighted by molar-refractivity contribution is 0.612. The first-order valence-corrected chi connectivity index (χ1v) is 4.75. The smallest absolute Gasteiger partial charge is 0.123 e. The minimum atomic E-state index is -0.216. The van der Waals surface area contributed by atoms with Crippen LogP contribution in [0.4, 0.5) is 4.39 Å². The van der Waals surface area contributed by atoms with Crippen LogP contribution in [0.5, 0.6) is 0 Å². The van der Waals surface area contributed by atoms with Crippen LogP contribution in [0.15, 0.2) is 54.8 Å². The van der Waals surface area contributed by atoms with Gasteiger partial charge in [-0.1, -0.05) is 12.7 Å². The van der Waals surface area contributed by atoms with Crippen molar-refractivity contribution in [2.75, 3.05) is 7.05 Å². The van der Waals surface area contributed by atoms with Crippen LogP contribution >= 0.6 is 0 Å². The van der Waals surface area contributed by atoms with Crippen molar-refractivity contribution >= 4 is 5.70 Å². The summed E-state index contributed by atoms with van der Waals surface area (Å²) in [5, 5.41) is 0. The molecule has 1 nitrogen and oxygen atoms in total. The van der Waals surface area contributed by atoms with E-state index in [0.717, 1.165) is 17.0 Å². The van der Waals surface area contributed by atoms with Crippen molar-refractivity contribution in [3.8, 4) is 0 Å². The molecule has 0 atom stereocenters. The fourth-order valence-corrected chi connectivity index (χ4v) is 1.54. The van der Waals surface area contributed by atoms with Crippen molar-refractivity contribution in [2.24, 2.45) is 0 Å². The molecule has 76 valence electrons. The van der Waals surface area contributed by atoms with Crippen LogP contribution in [-0.4, -0.2) is 11.9 Å². The summed E-state index contributed by atoms with van der Waals surface area (Å²) in [7, 11) is 1.95. The molecule has 0 aromatic heterocycles. The molecule has 0 radical (unpaired) electrons. The van der Waals surface area contributed by atoms with Gasteiger partial charge in [0.2, 0.25) is 0 Å². The maximum atomic E-state index is 12.8. The van der Waals surface area contributed by atoms with Gasteiger partial charge in [-0.3, -0.25) is 0 Å². The van der Waals surface area contributed by atoms with Crippen molar-refractivity contribution in [1.29, 1.82) is 0 Å². The summed E-state index contributed by atoms with van der Waals surface area (Å²) in [6, 6.07) is 6.46. The number of benzene rings is 1. The van der Waals surface area contributed by atoms with Crippen molar-refractivity contribution < 1.29 is 4.39 Å². The van der Waals surface area contributed by atoms with Gasteiger partial charge in [-0.2, -0.15) is 0 Å². The molecule has 2 rings (SSSR count). The molecular formula is C13H12FN. The number of rotatable bonds is 1. The van der Waals surface area contributed by atoms with Crippen molar-refractivity contribution in [2.45, 2.75) is 0 Å². The zero-order valence-corrected chi connectivity index (χ0v) is 8.57. The van der Waals surface area contributed by atoms with E-state index < -0.39 is 0 Å². The molecule has 0 spiro atoms. The Morgan fingerprint density at radius 1 is 1.20 bits per heavy atom. The summed E-state index contributed by atoms with van der Waals surface area (Å²) in [6.07, 6.45) is 5.87. The first kappa shape index (κ1) is 9.71. The molecule has 1 aliphatic rings. The fourth-order valence-electron chi connectivity index (χ4n) is 1.54. The van der Waals surface area contributed by atoms with E-state index in [-0.39, 0.29) is 5.82 Å². The van der Waals surface area contributed by atoms with E-state index >= 15 is 0 Å². The first-order chi connectivity index (χ1) is 7.18. The van der Waals surface area contributed by atoms with E-state index in [9.17, 15) is 4.39 Å². The SMILES string of the molecule is C=C1C=CC=C(c2ccc(F)cc2)N1C. The van der Waals surface area contributed by atoms with Gasteiger partial charge in [0.05, 0.1) is 0 Å². The summed E-state index contributed by atoms with van der Waals surface area (Å²) < 4.78 is 12.8. The predicted molar refractivity (Wildman–Crippen MR) is 60.4 cm³/mol. The molecule has 0 saturated carbocycles. The molecule has 0 unspecified atom stereocenters. The lowest BCUT2D eigenvalue weighted by Gasteiger charge is -2.25. The summed E-state index contributed by atoms with van der Waals surface area (Å²) in [5.74, 6) is -0.216. The number of halogens is 1. The fraction of sp³-hybridized carbons (Fsp3) is 0.0769. The highest BCUT2D eigenvalue weighted by Gasteiger charge is 2.10. The van der Waals surface area contributed by atoms with E-state index in [1.54, 1.807) is 12.1 Å². The molecule has 1 aliphatic heterocycles. The summed E-state index contributed by atoms with van der Waals surface area (Å²) in [4.78, 5) is 1.98. The van der Waals surface area contributed by atoms with Crippen LogP contribution in [0.3, 0.4) is 0 Å². The highest BCUT2D eigenvalue weighted by Crippen LogP contribution is 2.24. The van der Waals surface area contributed by atoms with Gasteiger partial charge >= 0.3 is 0 Å². The minimum Gasteiger partial charge on any atom is -0.345 e. The maximum Gasteiger partial charge on any atom is 0.123 e. The highest BCUT2D eigenvalue weighted by molar-refractivity contribution is 5.69. The minimum absolute atomic E-state index is 0.216. The van der Waals surface area contributed by atoms with Crippen LogP contribution in [0, 0.1) is 5.82 Å². The number of hydrogen-bond acceptors (Lipinski definition) is 1. The quantitative estimate of drug-likeness (QED) is 0.674. The van der Waals surface area contributed by atoms with Crippen molar-refractivity contribution in [3.63, 3.8) is 0 Å². The standard InChI is InChI=1S/C13H12FN/c1-10-4-3-5-13(15(10)2)11-6-8-12(14)9-7-11/h3-9H,1H2,2H3. The van der Waals surface area contributed by atoms with Gasteiger partial charge in [0.1, 0.15) is 5.82 Å². The van der Waals surface area contributed by atoms with Crippen LogP contribution in [0.1, 0.15) is 5.56 Å². The second-order valence-corrected chi connectivity index (χ2v) is 3.47. The van der Waals surface area contributed by atoms with Crippen molar-refractivity contribution in [3.05, 3.63) is 66.2 Å². The van der Waals surface area contributed by atoms with E-state index in [1.165, 1.54) is 12.1 Å². The van der Waals surface area contributed by atoms with Gasteiger partial charge in [0.15, 0.2) is 0 Å². The Morgan fingerprint density at radius 3 is 2.53 bits per heavy atom. The normalized spacial score (nSPS) is 15.5. The van der Waals surface area contributed by atoms with Gasteiger partial charge in [-0.15, -0.1) is 0 Å². The number of hydrogen-bond donors (Lipinski definition) is 0. The van der Waals surface area contributed by atoms with Crippen LogP contribution in [0.2, 0.25) is 0 Å². The molecule has 0 bridgehead atoms. The molecule has 15 heavy (non-hydrogen) atoms. The number of allylic oxidation sites excluding steroid dienone is 3. The Morgan fingerprint density at radius 2 is 1.87 bits per heavy atom. The molecule has 0 aliphatic carbocycles. The Hall–Kier alpha value is -1.83. The van der Waals surface area contributed by atoms with Crippen LogP contribution in [-0.2, 0) is 0 Å². The maximum absolute atomic E-state index is 12.8. The van der Waals surface area contributed by atoms with Crippen LogP contribution in [0.25, 0.3) is 5.70 Å². The molecule has 2 heteroatoms. The van der Waals surface area contributed by atoms with E-state index in [2.05, 4.69) is 6.58 Å². The molecular weight excluding hydrogens is 189 g/mol. The largest absolute Gasteiger partial charge is 0.345 e. The van der Waals surface area contributed by atoms with Crippen molar-refractivity contribution in [1.82, 2.24) is 4.90 Å². The van der Waals surface area contributed by atoms with Gasteiger partial charge in [0, 0.05) is 18.4 Å². The first-order valence-electron chi connectivity index (χ1n) is 4.75. The summed E-state index contributed by atoms with van der Waals surface area (Å²) in [6.45, 7) is 3.91. The zero-order chi connectivity index (χ0) is 10.8. The van der Waals surface area contributed by atoms with Gasteiger partial charge in [-0.25, -0.2) is 4.39 Å². The average Bonchev–Trinajstić information content (AvgIpc) is 2.24. The van der Waals surface area contributed by atoms with Gasteiger partial charge in [0.25, 0.3) is 0 Å². The lowest BCUT2D eigenvalue weighted by atomic mass is 10.1. The highest BCUT2D eigenvalue weighted by atomic mass is 19.1. The third-order valence-corrected chi connectivity index (χ3v) is 2.47. The molecule has 1 aromatic rings. The van der Waals surface area contributed by atoms with E-state index in [4.69, 9.17) is 0 Å². The Balaban J connectivity index is 2.39. The van der Waals surface area contributed by atoms with E-state index in [1.807, 2.05) is 30.2 Å². The van der Waals surface area contributed by atoms with Gasteiger partial charge in [-0.05, 0) is 42.0 Å². The number of likely N-dealkylation sites (N-methyl/N-ethyl adjacent to an activating group) is 1. The third-order valence-electron chi connectivity index (χ3n) is 2.47. The second-order valence-electron chi connectivity index (χ2n) is 3.47. The zero-order valence-electron chi connectivity index (χ0n) is 8.57. The Bertz CT molecular complexity index is 440. The van der Waals surface area contributed by atoms with Crippen LogP contribution < -0.4 is 0 Å². The monoisotopic (exact) mass is 201 g/mol. The molecule has 0 amide bonds. The van der Waals surface area contributed by atoms with E-state index in [0.29, 0.717) is 0 Å². The topological polar surface area (TPSA) is 3.24 Å². The summed E-state index contributed by atoms with van der Waals surface area (Å²) in [5.41, 5.74) is 2.95. The number of nitrogens with zero attached hydrogens (tertiary/aromatic N) is 1. The lowest BCUT2D eigenvalue weighted by Crippen LogP contribution is -2.16. The second kappa shape index (κ2) is 3.73. The Kier molecular flexibility index (Phi) is 2.42. The summed E-state index contributed by atoms with van der Waals surface area (Å²) >= 11 is 0. The molecule has 1 aromatic carbocycles. The molecule has 0 saturated heterocycles. The Labute approximate surface area is 88.8 Å². The molecule has 1 heterocycles. The third kappa shape index (κ3) is 1.84.